The highest BCUT2D eigenvalue weighted by molar-refractivity contribution is 6.46. The summed E-state index contributed by atoms with van der Waals surface area (Å²) in [5.74, 6) is 0.732. The van der Waals surface area contributed by atoms with Crippen LogP contribution in [0.2, 0.25) is 0 Å². The predicted molar refractivity (Wildman–Crippen MR) is 157 cm³/mol. The van der Waals surface area contributed by atoms with Gasteiger partial charge in [0.05, 0.1) is 18.2 Å². The zero-order chi connectivity index (χ0) is 29.5. The van der Waals surface area contributed by atoms with Gasteiger partial charge in [0.25, 0.3) is 11.7 Å². The third-order valence-corrected chi connectivity index (χ3v) is 7.44. The van der Waals surface area contributed by atoms with Gasteiger partial charge in [0.2, 0.25) is 6.79 Å². The van der Waals surface area contributed by atoms with Crippen LogP contribution in [-0.2, 0) is 21.5 Å². The summed E-state index contributed by atoms with van der Waals surface area (Å²) in [5.41, 5.74) is 3.94. The second kappa shape index (κ2) is 11.0. The second-order valence-electron chi connectivity index (χ2n) is 12.2. The summed E-state index contributed by atoms with van der Waals surface area (Å²) >= 11 is 0. The Kier molecular flexibility index (Phi) is 7.56. The molecule has 0 radical (unpaired) electrons. The van der Waals surface area contributed by atoms with Crippen molar-refractivity contribution in [3.63, 3.8) is 0 Å². The van der Waals surface area contributed by atoms with E-state index in [1.165, 1.54) is 4.90 Å². The number of amides is 1. The maximum atomic E-state index is 13.6. The van der Waals surface area contributed by atoms with Crippen molar-refractivity contribution >= 4 is 17.4 Å². The van der Waals surface area contributed by atoms with E-state index in [1.807, 2.05) is 43.3 Å². The van der Waals surface area contributed by atoms with Crippen molar-refractivity contribution in [3.05, 3.63) is 94.1 Å². The molecule has 1 atom stereocenters. The summed E-state index contributed by atoms with van der Waals surface area (Å²) in [7, 11) is 0. The van der Waals surface area contributed by atoms with Crippen molar-refractivity contribution in [2.75, 3.05) is 13.4 Å². The van der Waals surface area contributed by atoms with Crippen LogP contribution in [0.15, 0.2) is 66.2 Å². The van der Waals surface area contributed by atoms with E-state index >= 15 is 0 Å². The van der Waals surface area contributed by atoms with E-state index < -0.39 is 17.7 Å². The second-order valence-corrected chi connectivity index (χ2v) is 12.2. The van der Waals surface area contributed by atoms with Gasteiger partial charge in [-0.05, 0) is 70.8 Å². The van der Waals surface area contributed by atoms with Crippen LogP contribution in [0.25, 0.3) is 5.76 Å². The molecule has 1 amide bonds. The molecule has 0 spiro atoms. The smallest absolute Gasteiger partial charge is 0.295 e. The molecule has 0 aliphatic carbocycles. The Balaban J connectivity index is 1.57. The molecular weight excluding hydrogens is 518 g/mol. The summed E-state index contributed by atoms with van der Waals surface area (Å²) in [6.07, 6.45) is 0. The fourth-order valence-electron chi connectivity index (χ4n) is 5.16. The third kappa shape index (κ3) is 5.67. The number of Topliss-reactive ketones (excluding diaryl/α,β-unsaturated/α-hetero) is 1. The fraction of sp³-hybridized carbons (Fsp3) is 0.353. The van der Waals surface area contributed by atoms with E-state index in [0.717, 1.165) is 22.3 Å². The van der Waals surface area contributed by atoms with Gasteiger partial charge in [-0.2, -0.15) is 0 Å². The van der Waals surface area contributed by atoms with Crippen LogP contribution in [-0.4, -0.2) is 35.1 Å². The minimum absolute atomic E-state index is 0.0644. The van der Waals surface area contributed by atoms with Crippen molar-refractivity contribution in [3.8, 4) is 17.2 Å². The number of aliphatic hydroxyl groups is 1. The first-order valence-electron chi connectivity index (χ1n) is 13.9. The van der Waals surface area contributed by atoms with Gasteiger partial charge < -0.3 is 24.2 Å². The Hall–Kier alpha value is -4.26. The molecule has 3 aromatic carbocycles. The van der Waals surface area contributed by atoms with E-state index in [4.69, 9.17) is 14.2 Å². The minimum atomic E-state index is -0.772. The van der Waals surface area contributed by atoms with Gasteiger partial charge in [-0.25, -0.2) is 0 Å². The molecule has 0 aromatic heterocycles. The molecule has 1 unspecified atom stereocenters. The highest BCUT2D eigenvalue weighted by Gasteiger charge is 2.46. The van der Waals surface area contributed by atoms with Crippen LogP contribution < -0.4 is 14.2 Å². The summed E-state index contributed by atoms with van der Waals surface area (Å²) < 4.78 is 16.8. The van der Waals surface area contributed by atoms with Gasteiger partial charge in [-0.1, -0.05) is 65.0 Å². The average Bonchev–Trinajstić information content (AvgIpc) is 3.49. The maximum absolute atomic E-state index is 13.6. The van der Waals surface area contributed by atoms with E-state index in [0.29, 0.717) is 35.3 Å². The van der Waals surface area contributed by atoms with Gasteiger partial charge in [0, 0.05) is 12.1 Å². The summed E-state index contributed by atoms with van der Waals surface area (Å²) in [6, 6.07) is 17.9. The van der Waals surface area contributed by atoms with Crippen LogP contribution in [0, 0.1) is 12.8 Å². The molecule has 2 aliphatic rings. The number of ether oxygens (including phenoxy) is 3. The number of hydrogen-bond donors (Lipinski definition) is 1. The first-order valence-corrected chi connectivity index (χ1v) is 13.9. The Labute approximate surface area is 241 Å². The number of benzene rings is 3. The molecule has 0 bridgehead atoms. The van der Waals surface area contributed by atoms with Gasteiger partial charge in [-0.15, -0.1) is 0 Å². The van der Waals surface area contributed by atoms with Crippen LogP contribution >= 0.6 is 0 Å². The van der Waals surface area contributed by atoms with Gasteiger partial charge in [-0.3, -0.25) is 9.59 Å². The van der Waals surface area contributed by atoms with E-state index in [2.05, 4.69) is 34.6 Å². The molecule has 41 heavy (non-hydrogen) atoms. The minimum Gasteiger partial charge on any atom is -0.507 e. The quantitative estimate of drug-likeness (QED) is 0.199. The number of likely N-dealkylation sites (tertiary alicyclic amines) is 1. The predicted octanol–water partition coefficient (Wildman–Crippen LogP) is 6.68. The highest BCUT2D eigenvalue weighted by Crippen LogP contribution is 2.42. The summed E-state index contributed by atoms with van der Waals surface area (Å²) in [4.78, 5) is 28.6. The number of aryl methyl sites for hydroxylation is 1. The third-order valence-electron chi connectivity index (χ3n) is 7.44. The van der Waals surface area contributed by atoms with Gasteiger partial charge in [0.15, 0.2) is 11.5 Å². The lowest BCUT2D eigenvalue weighted by Gasteiger charge is -2.27. The number of nitrogens with zero attached hydrogens (tertiary/aromatic N) is 1. The molecule has 214 valence electrons. The normalized spacial score (nSPS) is 17.9. The van der Waals surface area contributed by atoms with Crippen molar-refractivity contribution in [1.82, 2.24) is 4.90 Å². The van der Waals surface area contributed by atoms with Crippen molar-refractivity contribution in [2.45, 2.75) is 59.5 Å². The molecule has 2 heterocycles. The van der Waals surface area contributed by atoms with Crippen molar-refractivity contribution in [1.29, 1.82) is 0 Å². The SMILES string of the molecule is Cc1cc(/C(O)=C2\C(=O)C(=O)N(Cc3ccc4c(c3)OCO4)C2c2ccc(C(C)(C)C)cc2)ccc1OCC(C)C. The highest BCUT2D eigenvalue weighted by atomic mass is 16.7. The Morgan fingerprint density at radius 1 is 1.00 bits per heavy atom. The molecule has 0 saturated carbocycles. The number of carbonyl (C=O) groups is 2. The zero-order valence-electron chi connectivity index (χ0n) is 24.5. The fourth-order valence-corrected chi connectivity index (χ4v) is 5.16. The number of ketones is 1. The molecule has 3 aromatic rings. The Morgan fingerprint density at radius 2 is 1.71 bits per heavy atom. The lowest BCUT2D eigenvalue weighted by Crippen LogP contribution is -2.29. The lowest BCUT2D eigenvalue weighted by molar-refractivity contribution is -0.140. The van der Waals surface area contributed by atoms with E-state index in [1.54, 1.807) is 24.3 Å². The van der Waals surface area contributed by atoms with Crippen LogP contribution in [0.3, 0.4) is 0 Å². The van der Waals surface area contributed by atoms with Gasteiger partial charge in [0.1, 0.15) is 11.5 Å². The first kappa shape index (κ1) is 28.3. The number of fused-ring (bicyclic) bond motifs is 1. The summed E-state index contributed by atoms with van der Waals surface area (Å²) in [5, 5.41) is 11.6. The number of hydrogen-bond acceptors (Lipinski definition) is 6. The monoisotopic (exact) mass is 555 g/mol. The van der Waals surface area contributed by atoms with E-state index in [-0.39, 0.29) is 30.1 Å². The molecule has 7 nitrogen and oxygen atoms in total. The lowest BCUT2D eigenvalue weighted by atomic mass is 9.85. The number of aliphatic hydroxyl groups excluding tert-OH is 1. The molecule has 1 N–H and O–H groups in total. The van der Waals surface area contributed by atoms with Crippen LogP contribution in [0.4, 0.5) is 0 Å². The average molecular weight is 556 g/mol. The first-order chi connectivity index (χ1) is 19.4. The van der Waals surface area contributed by atoms with Crippen molar-refractivity contribution in [2.24, 2.45) is 5.92 Å². The maximum Gasteiger partial charge on any atom is 0.295 e. The molecule has 5 rings (SSSR count). The topological polar surface area (TPSA) is 85.3 Å². The molecule has 7 heteroatoms. The largest absolute Gasteiger partial charge is 0.507 e. The van der Waals surface area contributed by atoms with Crippen LogP contribution in [0.1, 0.15) is 68.5 Å². The zero-order valence-corrected chi connectivity index (χ0v) is 24.5. The van der Waals surface area contributed by atoms with E-state index in [9.17, 15) is 14.7 Å². The summed E-state index contributed by atoms with van der Waals surface area (Å²) in [6.45, 7) is 13.3. The van der Waals surface area contributed by atoms with Crippen molar-refractivity contribution < 1.29 is 28.9 Å². The Morgan fingerprint density at radius 3 is 2.37 bits per heavy atom. The Bertz CT molecular complexity index is 1510. The number of rotatable bonds is 7. The molecule has 2 aliphatic heterocycles. The number of carbonyl (C=O) groups excluding carboxylic acids is 2. The van der Waals surface area contributed by atoms with Crippen LogP contribution in [0.5, 0.6) is 17.2 Å². The molecular formula is C34H37NO6. The molecule has 1 saturated heterocycles. The van der Waals surface area contributed by atoms with Gasteiger partial charge >= 0.3 is 0 Å². The standard InChI is InChI=1S/C34H37NO6/c1-20(2)18-39-26-14-10-24(15-21(26)3)31(36)29-30(23-8-11-25(12-9-23)34(4,5)6)35(33(38)32(29)37)17-22-7-13-27-28(16-22)41-19-40-27/h7-16,20,30,36H,17-19H2,1-6H3/b31-29+. The molecule has 1 fully saturated rings.